The Hall–Kier alpha value is -3.13. The summed E-state index contributed by atoms with van der Waals surface area (Å²) in [6, 6.07) is 18.8. The molecule has 5 rings (SSSR count). The molecule has 0 aliphatic carbocycles. The highest BCUT2D eigenvalue weighted by Crippen LogP contribution is 2.35. The van der Waals surface area contributed by atoms with Gasteiger partial charge in [-0.25, -0.2) is 4.98 Å². The lowest BCUT2D eigenvalue weighted by molar-refractivity contribution is 0.173. The molecule has 7 nitrogen and oxygen atoms in total. The molecule has 0 saturated carbocycles. The molecule has 1 aromatic heterocycles. The van der Waals surface area contributed by atoms with Gasteiger partial charge >= 0.3 is 0 Å². The molecule has 3 heterocycles. The zero-order chi connectivity index (χ0) is 27.7. The minimum Gasteiger partial charge on any atom is -0.493 e. The maximum atomic E-state index is 9.72. The highest BCUT2D eigenvalue weighted by atomic mass is 16.5. The Kier molecular flexibility index (Phi) is 9.92. The van der Waals surface area contributed by atoms with Crippen LogP contribution in [0.1, 0.15) is 30.4 Å². The first-order valence-corrected chi connectivity index (χ1v) is 14.8. The van der Waals surface area contributed by atoms with E-state index in [0.717, 1.165) is 94.5 Å². The Bertz CT molecular complexity index is 1210. The molecule has 214 valence electrons. The summed E-state index contributed by atoms with van der Waals surface area (Å²) in [7, 11) is 0. The third-order valence-electron chi connectivity index (χ3n) is 8.20. The molecule has 40 heavy (non-hydrogen) atoms. The molecule has 0 spiro atoms. The van der Waals surface area contributed by atoms with E-state index in [1.54, 1.807) is 0 Å². The van der Waals surface area contributed by atoms with Crippen molar-refractivity contribution in [1.82, 2.24) is 14.8 Å². The van der Waals surface area contributed by atoms with Gasteiger partial charge in [-0.3, -0.25) is 4.90 Å². The second-order valence-electron chi connectivity index (χ2n) is 11.0. The summed E-state index contributed by atoms with van der Waals surface area (Å²) in [4.78, 5) is 11.7. The van der Waals surface area contributed by atoms with Gasteiger partial charge in [-0.05, 0) is 79.6 Å². The molecule has 2 fully saturated rings. The normalized spacial score (nSPS) is 18.3. The Labute approximate surface area is 239 Å². The first kappa shape index (κ1) is 28.4. The van der Waals surface area contributed by atoms with Gasteiger partial charge in [-0.15, -0.1) is 0 Å². The molecule has 3 aromatic rings. The van der Waals surface area contributed by atoms with Crippen LogP contribution < -0.4 is 14.4 Å². The molecule has 2 aliphatic heterocycles. The van der Waals surface area contributed by atoms with Gasteiger partial charge in [0.25, 0.3) is 0 Å². The summed E-state index contributed by atoms with van der Waals surface area (Å²) in [6.45, 7) is 13.6. The highest BCUT2D eigenvalue weighted by molar-refractivity contribution is 5.74. The number of piperazine rings is 1. The zero-order valence-electron chi connectivity index (χ0n) is 24.1. The van der Waals surface area contributed by atoms with Crippen LogP contribution in [0.5, 0.6) is 11.5 Å². The molecular formula is C33H44N4O3. The van der Waals surface area contributed by atoms with Crippen LogP contribution in [-0.2, 0) is 0 Å². The number of hydrogen-bond donors (Lipinski definition) is 1. The fourth-order valence-corrected chi connectivity index (χ4v) is 5.82. The van der Waals surface area contributed by atoms with Gasteiger partial charge < -0.3 is 24.4 Å². The molecule has 7 heteroatoms. The average Bonchev–Trinajstić information content (AvgIpc) is 3.40. The lowest BCUT2D eigenvalue weighted by atomic mass is 9.95. The van der Waals surface area contributed by atoms with Crippen LogP contribution in [0, 0.1) is 13.8 Å². The molecule has 0 amide bonds. The quantitative estimate of drug-likeness (QED) is 0.329. The smallest absolute Gasteiger partial charge is 0.128 e. The van der Waals surface area contributed by atoms with Crippen molar-refractivity contribution in [2.75, 3.05) is 70.5 Å². The minimum atomic E-state index is -0.165. The number of pyridine rings is 1. The topological polar surface area (TPSA) is 61.3 Å². The molecule has 0 bridgehead atoms. The van der Waals surface area contributed by atoms with E-state index in [-0.39, 0.29) is 6.10 Å². The summed E-state index contributed by atoms with van der Waals surface area (Å²) >= 11 is 0. The van der Waals surface area contributed by atoms with Crippen molar-refractivity contribution < 1.29 is 14.6 Å². The van der Waals surface area contributed by atoms with Crippen molar-refractivity contribution in [3.05, 3.63) is 71.9 Å². The number of ether oxygens (including phenoxy) is 2. The first-order valence-electron chi connectivity index (χ1n) is 14.8. The Morgan fingerprint density at radius 1 is 0.750 bits per heavy atom. The standard InChI is InChI=1S/C33H44N4O3/c1-26-29(30-10-6-12-32(27(30)2)40-24-8-17-36-18-14-28(38)25-36)9-5-11-31(26)39-23-7-16-35-19-21-37(22-20-35)33-13-3-4-15-34-33/h3-6,9-13,15,28,38H,7-8,14,16-25H2,1-2H3. The summed E-state index contributed by atoms with van der Waals surface area (Å²) in [5.41, 5.74) is 4.70. The van der Waals surface area contributed by atoms with Gasteiger partial charge in [0, 0.05) is 58.6 Å². The second kappa shape index (κ2) is 14.0. The van der Waals surface area contributed by atoms with Gasteiger partial charge in [0.05, 0.1) is 19.3 Å². The second-order valence-corrected chi connectivity index (χ2v) is 11.0. The van der Waals surface area contributed by atoms with Crippen molar-refractivity contribution in [2.24, 2.45) is 0 Å². The summed E-state index contributed by atoms with van der Waals surface area (Å²) in [6.07, 6.45) is 4.55. The zero-order valence-corrected chi connectivity index (χ0v) is 24.1. The van der Waals surface area contributed by atoms with Crippen molar-refractivity contribution >= 4 is 5.82 Å². The van der Waals surface area contributed by atoms with Gasteiger partial charge in [-0.2, -0.15) is 0 Å². The Morgan fingerprint density at radius 2 is 1.38 bits per heavy atom. The molecule has 2 aliphatic rings. The van der Waals surface area contributed by atoms with Crippen LogP contribution in [0.2, 0.25) is 0 Å². The molecular weight excluding hydrogens is 500 g/mol. The maximum absolute atomic E-state index is 9.72. The van der Waals surface area contributed by atoms with E-state index in [1.165, 1.54) is 16.7 Å². The molecule has 2 saturated heterocycles. The number of benzene rings is 2. The van der Waals surface area contributed by atoms with Gasteiger partial charge in [0.1, 0.15) is 17.3 Å². The van der Waals surface area contributed by atoms with E-state index in [2.05, 4.69) is 82.1 Å². The number of rotatable bonds is 12. The number of hydrogen-bond acceptors (Lipinski definition) is 7. The molecule has 2 aromatic carbocycles. The van der Waals surface area contributed by atoms with Crippen molar-refractivity contribution in [3.63, 3.8) is 0 Å². The SMILES string of the molecule is Cc1c(OCCCN2CCN(c3ccccn3)CC2)cccc1-c1cccc(OCCCN2CCC(O)C2)c1C. The highest BCUT2D eigenvalue weighted by Gasteiger charge is 2.20. The average molecular weight is 545 g/mol. The Morgan fingerprint density at radius 3 is 1.93 bits per heavy atom. The molecule has 1 atom stereocenters. The first-order chi connectivity index (χ1) is 19.6. The number of likely N-dealkylation sites (tertiary alicyclic amines) is 1. The molecule has 1 N–H and O–H groups in total. The maximum Gasteiger partial charge on any atom is 0.128 e. The Balaban J connectivity index is 1.09. The summed E-state index contributed by atoms with van der Waals surface area (Å²) in [5.74, 6) is 2.97. The van der Waals surface area contributed by atoms with Crippen LogP contribution in [0.3, 0.4) is 0 Å². The minimum absolute atomic E-state index is 0.165. The van der Waals surface area contributed by atoms with Crippen LogP contribution in [0.15, 0.2) is 60.8 Å². The monoisotopic (exact) mass is 544 g/mol. The fraction of sp³-hybridized carbons (Fsp3) is 0.485. The summed E-state index contributed by atoms with van der Waals surface area (Å²) < 4.78 is 12.5. The summed E-state index contributed by atoms with van der Waals surface area (Å²) in [5, 5.41) is 9.72. The van der Waals surface area contributed by atoms with Gasteiger partial charge in [-0.1, -0.05) is 30.3 Å². The predicted molar refractivity (Wildman–Crippen MR) is 162 cm³/mol. The van der Waals surface area contributed by atoms with E-state index in [1.807, 2.05) is 12.3 Å². The van der Waals surface area contributed by atoms with E-state index >= 15 is 0 Å². The third-order valence-corrected chi connectivity index (χ3v) is 8.20. The van der Waals surface area contributed by atoms with Crippen molar-refractivity contribution in [3.8, 4) is 22.6 Å². The number of nitrogens with zero attached hydrogens (tertiary/aromatic N) is 4. The van der Waals surface area contributed by atoms with E-state index in [9.17, 15) is 5.11 Å². The number of aromatic nitrogens is 1. The lowest BCUT2D eigenvalue weighted by Gasteiger charge is -2.35. The fourth-order valence-electron chi connectivity index (χ4n) is 5.82. The van der Waals surface area contributed by atoms with Crippen LogP contribution in [-0.4, -0.2) is 91.6 Å². The van der Waals surface area contributed by atoms with Crippen molar-refractivity contribution in [2.45, 2.75) is 39.2 Å². The third kappa shape index (κ3) is 7.33. The lowest BCUT2D eigenvalue weighted by Crippen LogP contribution is -2.47. The predicted octanol–water partition coefficient (Wildman–Crippen LogP) is 4.79. The van der Waals surface area contributed by atoms with Gasteiger partial charge in [0.15, 0.2) is 0 Å². The van der Waals surface area contributed by atoms with Crippen LogP contribution in [0.4, 0.5) is 5.82 Å². The number of aliphatic hydroxyl groups is 1. The number of aliphatic hydroxyl groups excluding tert-OH is 1. The van der Waals surface area contributed by atoms with Crippen molar-refractivity contribution in [1.29, 1.82) is 0 Å². The number of anilines is 1. The largest absolute Gasteiger partial charge is 0.493 e. The molecule has 1 unspecified atom stereocenters. The van der Waals surface area contributed by atoms with Crippen LogP contribution in [0.25, 0.3) is 11.1 Å². The van der Waals surface area contributed by atoms with E-state index < -0.39 is 0 Å². The molecule has 0 radical (unpaired) electrons. The van der Waals surface area contributed by atoms with Gasteiger partial charge in [0.2, 0.25) is 0 Å². The van der Waals surface area contributed by atoms with E-state index in [0.29, 0.717) is 13.2 Å². The van der Waals surface area contributed by atoms with E-state index in [4.69, 9.17) is 9.47 Å². The number of β-amino-alcohol motifs (C(OH)–C–C–N with tert-alkyl or cyclic N) is 1. The van der Waals surface area contributed by atoms with Crippen LogP contribution >= 0.6 is 0 Å².